The van der Waals surface area contributed by atoms with Gasteiger partial charge in [-0.2, -0.15) is 8.78 Å². The van der Waals surface area contributed by atoms with Crippen molar-refractivity contribution in [3.63, 3.8) is 0 Å². The zero-order valence-corrected chi connectivity index (χ0v) is 21.7. The largest absolute Gasteiger partial charge is 0.498 e. The highest BCUT2D eigenvalue weighted by Crippen LogP contribution is 2.39. The predicted octanol–water partition coefficient (Wildman–Crippen LogP) is 4.51. The lowest BCUT2D eigenvalue weighted by Crippen LogP contribution is -2.40. The fourth-order valence-electron chi connectivity index (χ4n) is 3.78. The van der Waals surface area contributed by atoms with E-state index in [1.165, 1.54) is 12.1 Å². The number of benzene rings is 1. The van der Waals surface area contributed by atoms with Gasteiger partial charge in [-0.1, -0.05) is 0 Å². The predicted molar refractivity (Wildman–Crippen MR) is 134 cm³/mol. The van der Waals surface area contributed by atoms with Crippen molar-refractivity contribution in [1.82, 2.24) is 5.32 Å². The smallest absolute Gasteiger partial charge is 0.300 e. The van der Waals surface area contributed by atoms with E-state index in [0.29, 0.717) is 43.3 Å². The lowest BCUT2D eigenvalue weighted by molar-refractivity contribution is -0.168. The van der Waals surface area contributed by atoms with Crippen molar-refractivity contribution in [2.24, 2.45) is 9.98 Å². The third kappa shape index (κ3) is 7.41. The van der Waals surface area contributed by atoms with Gasteiger partial charge in [0.1, 0.15) is 29.1 Å². The Morgan fingerprint density at radius 2 is 1.94 bits per heavy atom. The standard InChI is InChI=1S/C26H36F3N3O4/c1-7-31-21-15-23(35-6)22(36-11-10-34-5)9-8-20(21)24(30-4)32-16-17-12-18(14-19(27)13-17)26(28,29)25(2,3)33/h7,12-15,22,33H,8-11,16H2,1-6H3,(H,30,32). The summed E-state index contributed by atoms with van der Waals surface area (Å²) in [5, 5.41) is 13.0. The molecule has 0 spiro atoms. The van der Waals surface area contributed by atoms with Crippen LogP contribution in [0.3, 0.4) is 0 Å². The van der Waals surface area contributed by atoms with Crippen LogP contribution in [0.25, 0.3) is 0 Å². The molecule has 1 atom stereocenters. The maximum absolute atomic E-state index is 14.7. The van der Waals surface area contributed by atoms with E-state index in [9.17, 15) is 18.3 Å². The first-order valence-electron chi connectivity index (χ1n) is 11.7. The highest BCUT2D eigenvalue weighted by Gasteiger charge is 2.47. The van der Waals surface area contributed by atoms with Crippen LogP contribution in [0.1, 0.15) is 44.7 Å². The molecule has 1 aromatic carbocycles. The zero-order chi connectivity index (χ0) is 26.9. The fourth-order valence-corrected chi connectivity index (χ4v) is 3.78. The van der Waals surface area contributed by atoms with Gasteiger partial charge in [-0.05, 0) is 57.4 Å². The molecule has 0 bridgehead atoms. The highest BCUT2D eigenvalue weighted by molar-refractivity contribution is 5.99. The molecule has 2 rings (SSSR count). The molecular weight excluding hydrogens is 475 g/mol. The van der Waals surface area contributed by atoms with Crippen LogP contribution in [0, 0.1) is 5.82 Å². The minimum atomic E-state index is -3.64. The number of aliphatic imine (C=N–C) groups is 2. The minimum Gasteiger partial charge on any atom is -0.498 e. The van der Waals surface area contributed by atoms with E-state index in [1.807, 2.05) is 0 Å². The van der Waals surface area contributed by atoms with E-state index in [-0.39, 0.29) is 18.2 Å². The summed E-state index contributed by atoms with van der Waals surface area (Å²) in [4.78, 5) is 8.82. The first-order chi connectivity index (χ1) is 17.0. The Balaban J connectivity index is 2.32. The zero-order valence-electron chi connectivity index (χ0n) is 21.7. The van der Waals surface area contributed by atoms with Crippen molar-refractivity contribution in [2.75, 3.05) is 34.5 Å². The second-order valence-corrected chi connectivity index (χ2v) is 8.80. The molecule has 1 aromatic rings. The Hall–Kier alpha value is -2.69. The molecule has 200 valence electrons. The molecule has 0 fully saturated rings. The summed E-state index contributed by atoms with van der Waals surface area (Å²) in [6.45, 7) is 4.63. The Bertz CT molecular complexity index is 1010. The molecule has 0 radical (unpaired) electrons. The van der Waals surface area contributed by atoms with Crippen LogP contribution >= 0.6 is 0 Å². The third-order valence-electron chi connectivity index (χ3n) is 5.73. The number of amidine groups is 1. The number of rotatable bonds is 11. The number of halogens is 3. The van der Waals surface area contributed by atoms with Gasteiger partial charge in [0, 0.05) is 44.1 Å². The fraction of sp³-hybridized carbons (Fsp3) is 0.538. The summed E-state index contributed by atoms with van der Waals surface area (Å²) < 4.78 is 60.1. The average Bonchev–Trinajstić information content (AvgIpc) is 2.98. The number of aliphatic hydroxyl groups is 1. The van der Waals surface area contributed by atoms with Gasteiger partial charge in [0.15, 0.2) is 0 Å². The summed E-state index contributed by atoms with van der Waals surface area (Å²) >= 11 is 0. The maximum Gasteiger partial charge on any atom is 0.300 e. The Labute approximate surface area is 210 Å². The number of ether oxygens (including phenoxy) is 3. The van der Waals surface area contributed by atoms with Crippen LogP contribution in [0.5, 0.6) is 0 Å². The molecule has 0 aromatic heterocycles. The van der Waals surface area contributed by atoms with E-state index in [1.54, 1.807) is 40.5 Å². The first-order valence-corrected chi connectivity index (χ1v) is 11.7. The number of methoxy groups -OCH3 is 2. The van der Waals surface area contributed by atoms with E-state index < -0.39 is 22.9 Å². The molecule has 2 N–H and O–H groups in total. The van der Waals surface area contributed by atoms with E-state index in [0.717, 1.165) is 25.5 Å². The molecule has 1 aliphatic rings. The summed E-state index contributed by atoms with van der Waals surface area (Å²) in [6, 6.07) is 3.08. The molecule has 0 saturated carbocycles. The summed E-state index contributed by atoms with van der Waals surface area (Å²) in [6.07, 6.45) is 4.26. The van der Waals surface area contributed by atoms with Crippen LogP contribution in [0.15, 0.2) is 51.3 Å². The SMILES string of the molecule is CC=NC1=C(C(=NC)NCc2cc(F)cc(C(F)(F)C(C)(C)O)c2)CCC(OCCOC)C(OC)=C1. The topological polar surface area (TPSA) is 84.7 Å². The van der Waals surface area contributed by atoms with Gasteiger partial charge in [-0.3, -0.25) is 9.98 Å². The molecule has 1 aliphatic carbocycles. The van der Waals surface area contributed by atoms with Crippen LogP contribution in [-0.4, -0.2) is 63.3 Å². The Kier molecular flexibility index (Phi) is 10.7. The van der Waals surface area contributed by atoms with Crippen molar-refractivity contribution in [1.29, 1.82) is 0 Å². The maximum atomic E-state index is 14.7. The molecule has 0 heterocycles. The Morgan fingerprint density at radius 3 is 2.53 bits per heavy atom. The van der Waals surface area contributed by atoms with Gasteiger partial charge in [0.2, 0.25) is 0 Å². The van der Waals surface area contributed by atoms with Gasteiger partial charge < -0.3 is 24.6 Å². The number of allylic oxidation sites excluding steroid dienone is 1. The summed E-state index contributed by atoms with van der Waals surface area (Å²) in [5.41, 5.74) is -1.28. The van der Waals surface area contributed by atoms with Gasteiger partial charge in [0.05, 0.1) is 26.0 Å². The van der Waals surface area contributed by atoms with Crippen molar-refractivity contribution in [2.45, 2.75) is 57.8 Å². The molecule has 36 heavy (non-hydrogen) atoms. The number of alkyl halides is 2. The van der Waals surface area contributed by atoms with Crippen molar-refractivity contribution in [3.05, 3.63) is 58.2 Å². The third-order valence-corrected chi connectivity index (χ3v) is 5.73. The van der Waals surface area contributed by atoms with E-state index in [2.05, 4.69) is 15.3 Å². The summed E-state index contributed by atoms with van der Waals surface area (Å²) in [5.74, 6) is -3.37. The van der Waals surface area contributed by atoms with Crippen molar-refractivity contribution < 1.29 is 32.5 Å². The highest BCUT2D eigenvalue weighted by atomic mass is 19.3. The molecule has 1 unspecified atom stereocenters. The van der Waals surface area contributed by atoms with Gasteiger partial charge in [0.25, 0.3) is 0 Å². The normalized spacial score (nSPS) is 17.9. The van der Waals surface area contributed by atoms with Gasteiger partial charge in [-0.25, -0.2) is 4.39 Å². The molecule has 0 amide bonds. The van der Waals surface area contributed by atoms with Crippen LogP contribution < -0.4 is 5.32 Å². The minimum absolute atomic E-state index is 0.0284. The summed E-state index contributed by atoms with van der Waals surface area (Å²) in [7, 11) is 4.76. The number of hydrogen-bond acceptors (Lipinski definition) is 6. The Morgan fingerprint density at radius 1 is 1.22 bits per heavy atom. The van der Waals surface area contributed by atoms with Crippen LogP contribution in [0.2, 0.25) is 0 Å². The average molecular weight is 512 g/mol. The van der Waals surface area contributed by atoms with Gasteiger partial charge >= 0.3 is 5.92 Å². The molecule has 7 nitrogen and oxygen atoms in total. The number of nitrogens with one attached hydrogen (secondary N) is 1. The van der Waals surface area contributed by atoms with Crippen LogP contribution in [-0.2, 0) is 26.7 Å². The van der Waals surface area contributed by atoms with Crippen LogP contribution in [0.4, 0.5) is 13.2 Å². The second kappa shape index (κ2) is 13.0. The monoisotopic (exact) mass is 511 g/mol. The lowest BCUT2D eigenvalue weighted by Gasteiger charge is -2.29. The first kappa shape index (κ1) is 29.5. The van der Waals surface area contributed by atoms with Crippen molar-refractivity contribution in [3.8, 4) is 0 Å². The van der Waals surface area contributed by atoms with Gasteiger partial charge in [-0.15, -0.1) is 0 Å². The number of nitrogens with zero attached hydrogens (tertiary/aromatic N) is 2. The molecular formula is C26H36F3N3O4. The molecule has 0 aliphatic heterocycles. The molecule has 10 heteroatoms. The number of hydrogen-bond donors (Lipinski definition) is 2. The molecule has 0 saturated heterocycles. The quantitative estimate of drug-likeness (QED) is 0.260. The second-order valence-electron chi connectivity index (χ2n) is 8.80. The van der Waals surface area contributed by atoms with E-state index in [4.69, 9.17) is 14.2 Å². The van der Waals surface area contributed by atoms with Crippen molar-refractivity contribution >= 4 is 12.1 Å². The lowest BCUT2D eigenvalue weighted by atomic mass is 9.92. The van der Waals surface area contributed by atoms with E-state index >= 15 is 0 Å².